The quantitative estimate of drug-likeness (QED) is 0.657. The molecule has 0 bridgehead atoms. The van der Waals surface area contributed by atoms with Gasteiger partial charge in [0.1, 0.15) is 0 Å². The van der Waals surface area contributed by atoms with Crippen LogP contribution in [-0.4, -0.2) is 16.6 Å². The second-order valence-corrected chi connectivity index (χ2v) is 6.07. The minimum atomic E-state index is -0.465. The molecule has 0 spiro atoms. The molecule has 0 heterocycles. The molecule has 5 heteroatoms. The van der Waals surface area contributed by atoms with Gasteiger partial charge in [-0.1, -0.05) is 36.4 Å². The fraction of sp³-hybridized carbons (Fsp3) is 0.333. The van der Waals surface area contributed by atoms with Gasteiger partial charge in [-0.25, -0.2) is 0 Å². The van der Waals surface area contributed by atoms with Gasteiger partial charge in [0, 0.05) is 18.2 Å². The predicted molar refractivity (Wildman–Crippen MR) is 88.2 cm³/mol. The van der Waals surface area contributed by atoms with Crippen LogP contribution in [0.1, 0.15) is 28.7 Å². The number of nitro groups is 1. The van der Waals surface area contributed by atoms with Crippen molar-refractivity contribution in [3.8, 4) is 0 Å². The zero-order valence-corrected chi connectivity index (χ0v) is 13.1. The Morgan fingerprint density at radius 2 is 2.04 bits per heavy atom. The number of aliphatic hydroxyl groups is 1. The van der Waals surface area contributed by atoms with Crippen molar-refractivity contribution in [1.29, 1.82) is 0 Å². The third-order valence-corrected chi connectivity index (χ3v) is 4.86. The van der Waals surface area contributed by atoms with E-state index in [1.54, 1.807) is 13.0 Å². The summed E-state index contributed by atoms with van der Waals surface area (Å²) in [6.45, 7) is 2.27. The fourth-order valence-electron chi connectivity index (χ4n) is 3.42. The minimum Gasteiger partial charge on any atom is -0.394 e. The molecule has 1 atom stereocenters. The normalized spacial score (nSPS) is 19.6. The summed E-state index contributed by atoms with van der Waals surface area (Å²) in [7, 11) is 0. The molecule has 23 heavy (non-hydrogen) atoms. The van der Waals surface area contributed by atoms with Crippen molar-refractivity contribution in [3.05, 3.63) is 74.8 Å². The molecule has 0 fully saturated rings. The highest BCUT2D eigenvalue weighted by atomic mass is 16.6. The number of benzene rings is 2. The lowest BCUT2D eigenvalue weighted by Gasteiger charge is -2.30. The summed E-state index contributed by atoms with van der Waals surface area (Å²) in [5, 5.41) is 24.5. The number of fused-ring (bicyclic) bond motifs is 1. The lowest BCUT2D eigenvalue weighted by molar-refractivity contribution is -0.385. The average molecular weight is 312 g/mol. The van der Waals surface area contributed by atoms with E-state index in [0.717, 1.165) is 24.0 Å². The number of hydrogen-bond donors (Lipinski definition) is 2. The summed E-state index contributed by atoms with van der Waals surface area (Å²) >= 11 is 0. The molecule has 0 amide bonds. The summed E-state index contributed by atoms with van der Waals surface area (Å²) < 4.78 is 0. The van der Waals surface area contributed by atoms with Crippen LogP contribution >= 0.6 is 0 Å². The molecule has 1 unspecified atom stereocenters. The number of nitrogens with one attached hydrogen (secondary N) is 1. The largest absolute Gasteiger partial charge is 0.394 e. The number of rotatable bonds is 5. The molecule has 5 nitrogen and oxygen atoms in total. The van der Waals surface area contributed by atoms with E-state index in [2.05, 4.69) is 11.4 Å². The summed E-state index contributed by atoms with van der Waals surface area (Å²) in [5.41, 5.74) is 3.61. The molecular weight excluding hydrogens is 292 g/mol. The summed E-state index contributed by atoms with van der Waals surface area (Å²) in [4.78, 5) is 10.7. The zero-order valence-electron chi connectivity index (χ0n) is 13.1. The fourth-order valence-corrected chi connectivity index (χ4v) is 3.42. The van der Waals surface area contributed by atoms with Crippen molar-refractivity contribution in [3.63, 3.8) is 0 Å². The van der Waals surface area contributed by atoms with Crippen LogP contribution in [0.25, 0.3) is 0 Å². The van der Waals surface area contributed by atoms with Crippen molar-refractivity contribution in [2.75, 3.05) is 6.61 Å². The maximum atomic E-state index is 11.1. The highest BCUT2D eigenvalue weighted by Crippen LogP contribution is 2.37. The molecule has 0 aromatic heterocycles. The third-order valence-electron chi connectivity index (χ3n) is 4.86. The zero-order chi connectivity index (χ0) is 16.4. The number of aliphatic hydroxyl groups excluding tert-OH is 1. The maximum Gasteiger partial charge on any atom is 0.272 e. The molecule has 3 rings (SSSR count). The Morgan fingerprint density at radius 3 is 2.78 bits per heavy atom. The van der Waals surface area contributed by atoms with E-state index in [-0.39, 0.29) is 17.2 Å². The molecule has 1 aliphatic carbocycles. The van der Waals surface area contributed by atoms with Gasteiger partial charge in [-0.05, 0) is 36.5 Å². The van der Waals surface area contributed by atoms with Crippen LogP contribution < -0.4 is 5.32 Å². The molecule has 0 aliphatic heterocycles. The van der Waals surface area contributed by atoms with Gasteiger partial charge in [0.25, 0.3) is 5.69 Å². The lowest BCUT2D eigenvalue weighted by atomic mass is 9.92. The van der Waals surface area contributed by atoms with Crippen LogP contribution in [0.4, 0.5) is 5.69 Å². The highest BCUT2D eigenvalue weighted by molar-refractivity contribution is 5.45. The Morgan fingerprint density at radius 1 is 1.26 bits per heavy atom. The molecule has 0 saturated carbocycles. The highest BCUT2D eigenvalue weighted by Gasteiger charge is 2.37. The van der Waals surface area contributed by atoms with Crippen LogP contribution in [-0.2, 0) is 18.5 Å². The summed E-state index contributed by atoms with van der Waals surface area (Å²) in [6.07, 6.45) is 1.76. The molecule has 120 valence electrons. The average Bonchev–Trinajstić information content (AvgIpc) is 2.93. The van der Waals surface area contributed by atoms with E-state index in [1.807, 2.05) is 24.3 Å². The molecule has 2 aromatic carbocycles. The maximum absolute atomic E-state index is 11.1. The first-order chi connectivity index (χ1) is 11.1. The molecule has 2 N–H and O–H groups in total. The summed E-state index contributed by atoms with van der Waals surface area (Å²) in [5.74, 6) is 0. The number of nitrogens with zero attached hydrogens (tertiary/aromatic N) is 1. The van der Waals surface area contributed by atoms with Crippen molar-refractivity contribution in [2.24, 2.45) is 0 Å². The van der Waals surface area contributed by atoms with Gasteiger partial charge < -0.3 is 10.4 Å². The SMILES string of the molecule is Cc1c(CNC2(CO)CCc3ccccc32)cccc1[N+](=O)[O-]. The van der Waals surface area contributed by atoms with Crippen LogP contribution in [0, 0.1) is 17.0 Å². The summed E-state index contributed by atoms with van der Waals surface area (Å²) in [6, 6.07) is 13.2. The minimum absolute atomic E-state index is 0.0119. The molecule has 0 radical (unpaired) electrons. The van der Waals surface area contributed by atoms with E-state index < -0.39 is 5.54 Å². The molecule has 0 saturated heterocycles. The second kappa shape index (κ2) is 6.10. The Hall–Kier alpha value is -2.24. The third kappa shape index (κ3) is 2.73. The smallest absolute Gasteiger partial charge is 0.272 e. The standard InChI is InChI=1S/C18H20N2O3/c1-13-15(6-4-8-17(13)20(22)23)11-19-18(12-21)10-9-14-5-2-3-7-16(14)18/h2-8,19,21H,9-12H2,1H3. The number of nitro benzene ring substituents is 1. The number of hydrogen-bond acceptors (Lipinski definition) is 4. The van der Waals surface area contributed by atoms with Gasteiger partial charge >= 0.3 is 0 Å². The van der Waals surface area contributed by atoms with E-state index in [0.29, 0.717) is 12.1 Å². The van der Waals surface area contributed by atoms with Gasteiger partial charge in [0.2, 0.25) is 0 Å². The van der Waals surface area contributed by atoms with E-state index >= 15 is 0 Å². The molecular formula is C18H20N2O3. The Labute approximate surface area is 135 Å². The van der Waals surface area contributed by atoms with Crippen molar-refractivity contribution >= 4 is 5.69 Å². The van der Waals surface area contributed by atoms with Gasteiger partial charge in [-0.2, -0.15) is 0 Å². The van der Waals surface area contributed by atoms with Crippen molar-refractivity contribution < 1.29 is 10.0 Å². The molecule has 1 aliphatic rings. The van der Waals surface area contributed by atoms with Gasteiger partial charge in [-0.3, -0.25) is 10.1 Å². The van der Waals surface area contributed by atoms with Crippen LogP contribution in [0.15, 0.2) is 42.5 Å². The lowest BCUT2D eigenvalue weighted by Crippen LogP contribution is -2.43. The van der Waals surface area contributed by atoms with Gasteiger partial charge in [-0.15, -0.1) is 0 Å². The topological polar surface area (TPSA) is 75.4 Å². The van der Waals surface area contributed by atoms with E-state index in [9.17, 15) is 15.2 Å². The van der Waals surface area contributed by atoms with Crippen molar-refractivity contribution in [1.82, 2.24) is 5.32 Å². The van der Waals surface area contributed by atoms with Crippen LogP contribution in [0.2, 0.25) is 0 Å². The van der Waals surface area contributed by atoms with E-state index in [4.69, 9.17) is 0 Å². The van der Waals surface area contributed by atoms with Gasteiger partial charge in [0.05, 0.1) is 17.1 Å². The first-order valence-electron chi connectivity index (χ1n) is 7.74. The Bertz CT molecular complexity index is 745. The predicted octanol–water partition coefficient (Wildman–Crippen LogP) is 2.83. The Balaban J connectivity index is 1.86. The monoisotopic (exact) mass is 312 g/mol. The van der Waals surface area contributed by atoms with Crippen molar-refractivity contribution in [2.45, 2.75) is 31.8 Å². The van der Waals surface area contributed by atoms with Crippen LogP contribution in [0.3, 0.4) is 0 Å². The first kappa shape index (κ1) is 15.6. The molecule has 2 aromatic rings. The number of aryl methyl sites for hydroxylation is 1. The second-order valence-electron chi connectivity index (χ2n) is 6.07. The van der Waals surface area contributed by atoms with E-state index in [1.165, 1.54) is 11.6 Å². The first-order valence-corrected chi connectivity index (χ1v) is 7.74. The Kier molecular flexibility index (Phi) is 4.15. The van der Waals surface area contributed by atoms with Gasteiger partial charge in [0.15, 0.2) is 0 Å². The van der Waals surface area contributed by atoms with Crippen LogP contribution in [0.5, 0.6) is 0 Å².